The molecule has 1 aromatic carbocycles. The van der Waals surface area contributed by atoms with Gasteiger partial charge in [0, 0.05) is 24.4 Å². The second-order valence-electron chi connectivity index (χ2n) is 6.01. The van der Waals surface area contributed by atoms with E-state index in [1.54, 1.807) is 6.92 Å². The molecule has 0 saturated carbocycles. The SMILES string of the molecule is Cc1cc(C(=O)NC(CCO)C(C)C)nn1-c1ccc(F)cc1F. The van der Waals surface area contributed by atoms with Crippen molar-refractivity contribution in [2.75, 3.05) is 6.61 Å². The van der Waals surface area contributed by atoms with Crippen LogP contribution < -0.4 is 5.32 Å². The molecule has 0 spiro atoms. The fourth-order valence-electron chi connectivity index (χ4n) is 2.44. The lowest BCUT2D eigenvalue weighted by Crippen LogP contribution is -2.39. The van der Waals surface area contributed by atoms with Crippen molar-refractivity contribution in [3.8, 4) is 5.69 Å². The van der Waals surface area contributed by atoms with Gasteiger partial charge >= 0.3 is 0 Å². The Balaban J connectivity index is 2.26. The lowest BCUT2D eigenvalue weighted by atomic mass is 10.0. The molecule has 1 unspecified atom stereocenters. The van der Waals surface area contributed by atoms with E-state index in [4.69, 9.17) is 5.11 Å². The number of hydrogen-bond acceptors (Lipinski definition) is 3. The van der Waals surface area contributed by atoms with Gasteiger partial charge in [0.2, 0.25) is 0 Å². The summed E-state index contributed by atoms with van der Waals surface area (Å²) < 4.78 is 28.2. The van der Waals surface area contributed by atoms with E-state index in [2.05, 4.69) is 10.4 Å². The molecule has 0 saturated heterocycles. The number of benzene rings is 1. The molecule has 2 N–H and O–H groups in total. The van der Waals surface area contributed by atoms with Gasteiger partial charge < -0.3 is 10.4 Å². The van der Waals surface area contributed by atoms with Gasteiger partial charge in [0.25, 0.3) is 5.91 Å². The number of carbonyl (C=O) groups excluding carboxylic acids is 1. The lowest BCUT2D eigenvalue weighted by Gasteiger charge is -2.20. The summed E-state index contributed by atoms with van der Waals surface area (Å²) in [4.78, 5) is 12.3. The summed E-state index contributed by atoms with van der Waals surface area (Å²) in [6.45, 7) is 5.54. The molecule has 1 aromatic heterocycles. The van der Waals surface area contributed by atoms with E-state index in [-0.39, 0.29) is 29.9 Å². The van der Waals surface area contributed by atoms with Gasteiger partial charge in [-0.2, -0.15) is 5.10 Å². The number of aliphatic hydroxyl groups excluding tert-OH is 1. The highest BCUT2D eigenvalue weighted by Gasteiger charge is 2.20. The number of amides is 1. The molecule has 2 rings (SSSR count). The van der Waals surface area contributed by atoms with Crippen LogP contribution in [0.1, 0.15) is 36.5 Å². The van der Waals surface area contributed by atoms with Gasteiger partial charge in [-0.15, -0.1) is 0 Å². The zero-order valence-electron chi connectivity index (χ0n) is 13.9. The van der Waals surface area contributed by atoms with Gasteiger partial charge in [-0.05, 0) is 37.5 Å². The molecule has 1 amide bonds. The molecule has 24 heavy (non-hydrogen) atoms. The molecule has 0 aliphatic rings. The van der Waals surface area contributed by atoms with Crippen LogP contribution in [0.15, 0.2) is 24.3 Å². The third-order valence-corrected chi connectivity index (χ3v) is 3.82. The standard InChI is InChI=1S/C17H21F2N3O2/c1-10(2)14(6-7-23)20-17(24)15-8-11(3)22(21-15)16-5-4-12(18)9-13(16)19/h4-5,8-10,14,23H,6-7H2,1-3H3,(H,20,24). The average Bonchev–Trinajstić information content (AvgIpc) is 2.88. The predicted octanol–water partition coefficient (Wildman–Crippen LogP) is 2.60. The largest absolute Gasteiger partial charge is 0.396 e. The monoisotopic (exact) mass is 337 g/mol. The van der Waals surface area contributed by atoms with Crippen molar-refractivity contribution in [2.45, 2.75) is 33.2 Å². The minimum atomic E-state index is -0.756. The van der Waals surface area contributed by atoms with Crippen molar-refractivity contribution in [1.29, 1.82) is 0 Å². The van der Waals surface area contributed by atoms with Crippen LogP contribution >= 0.6 is 0 Å². The molecule has 1 heterocycles. The van der Waals surface area contributed by atoms with Crippen LogP contribution in [0.3, 0.4) is 0 Å². The Kier molecular flexibility index (Phi) is 5.66. The highest BCUT2D eigenvalue weighted by atomic mass is 19.1. The minimum absolute atomic E-state index is 0.0304. The number of aliphatic hydroxyl groups is 1. The van der Waals surface area contributed by atoms with E-state index in [9.17, 15) is 13.6 Å². The van der Waals surface area contributed by atoms with Crippen molar-refractivity contribution in [3.63, 3.8) is 0 Å². The Morgan fingerprint density at radius 1 is 1.33 bits per heavy atom. The molecule has 5 nitrogen and oxygen atoms in total. The first-order chi connectivity index (χ1) is 11.3. The summed E-state index contributed by atoms with van der Waals surface area (Å²) in [7, 11) is 0. The second kappa shape index (κ2) is 7.53. The maximum absolute atomic E-state index is 13.9. The first-order valence-electron chi connectivity index (χ1n) is 7.77. The summed E-state index contributed by atoms with van der Waals surface area (Å²) in [5.74, 6) is -1.68. The minimum Gasteiger partial charge on any atom is -0.396 e. The zero-order chi connectivity index (χ0) is 17.9. The van der Waals surface area contributed by atoms with Crippen molar-refractivity contribution in [2.24, 2.45) is 5.92 Å². The first-order valence-corrected chi connectivity index (χ1v) is 7.77. The molecule has 1 atom stereocenters. The Bertz CT molecular complexity index is 729. The number of carbonyl (C=O) groups is 1. The maximum atomic E-state index is 13.9. The topological polar surface area (TPSA) is 67.2 Å². The van der Waals surface area contributed by atoms with Crippen LogP contribution in [-0.2, 0) is 0 Å². The van der Waals surface area contributed by atoms with E-state index in [1.165, 1.54) is 16.8 Å². The molecule has 7 heteroatoms. The second-order valence-corrected chi connectivity index (χ2v) is 6.01. The molecule has 2 aromatic rings. The van der Waals surface area contributed by atoms with Crippen LogP contribution in [0.5, 0.6) is 0 Å². The normalized spacial score (nSPS) is 12.5. The van der Waals surface area contributed by atoms with Crippen LogP contribution in [0, 0.1) is 24.5 Å². The number of hydrogen-bond donors (Lipinski definition) is 2. The molecule has 0 fully saturated rings. The van der Waals surface area contributed by atoms with Crippen LogP contribution in [0.2, 0.25) is 0 Å². The lowest BCUT2D eigenvalue weighted by molar-refractivity contribution is 0.0911. The molecule has 0 aliphatic carbocycles. The fourth-order valence-corrected chi connectivity index (χ4v) is 2.44. The van der Waals surface area contributed by atoms with Crippen molar-refractivity contribution < 1.29 is 18.7 Å². The van der Waals surface area contributed by atoms with E-state index >= 15 is 0 Å². The molecule has 0 aliphatic heterocycles. The quantitative estimate of drug-likeness (QED) is 0.851. The van der Waals surface area contributed by atoms with Gasteiger partial charge in [0.1, 0.15) is 11.5 Å². The van der Waals surface area contributed by atoms with Gasteiger partial charge in [0.15, 0.2) is 11.5 Å². The molecule has 130 valence electrons. The Hall–Kier alpha value is -2.28. The number of rotatable bonds is 6. The van der Waals surface area contributed by atoms with Crippen molar-refractivity contribution in [1.82, 2.24) is 15.1 Å². The summed E-state index contributed by atoms with van der Waals surface area (Å²) in [5, 5.41) is 16.0. The number of nitrogens with one attached hydrogen (secondary N) is 1. The zero-order valence-corrected chi connectivity index (χ0v) is 13.9. The van der Waals surface area contributed by atoms with Crippen molar-refractivity contribution in [3.05, 3.63) is 47.3 Å². The third-order valence-electron chi connectivity index (χ3n) is 3.82. The Morgan fingerprint density at radius 2 is 2.04 bits per heavy atom. The smallest absolute Gasteiger partial charge is 0.272 e. The Labute approximate surface area is 139 Å². The molecule has 0 bridgehead atoms. The summed E-state index contributed by atoms with van der Waals surface area (Å²) >= 11 is 0. The average molecular weight is 337 g/mol. The number of aromatic nitrogens is 2. The van der Waals surface area contributed by atoms with Crippen LogP contribution in [0.4, 0.5) is 8.78 Å². The van der Waals surface area contributed by atoms with Gasteiger partial charge in [-0.1, -0.05) is 13.8 Å². The molecular weight excluding hydrogens is 316 g/mol. The molecule has 0 radical (unpaired) electrons. The highest BCUT2D eigenvalue weighted by Crippen LogP contribution is 2.17. The van der Waals surface area contributed by atoms with E-state index in [0.29, 0.717) is 12.1 Å². The highest BCUT2D eigenvalue weighted by molar-refractivity contribution is 5.92. The summed E-state index contributed by atoms with van der Waals surface area (Å²) in [6, 6.07) is 4.53. The number of halogens is 2. The van der Waals surface area contributed by atoms with Crippen molar-refractivity contribution >= 4 is 5.91 Å². The number of aryl methyl sites for hydroxylation is 1. The fraction of sp³-hybridized carbons (Fsp3) is 0.412. The van der Waals surface area contributed by atoms with Gasteiger partial charge in [0.05, 0.1) is 0 Å². The van der Waals surface area contributed by atoms with Gasteiger partial charge in [-0.3, -0.25) is 4.79 Å². The Morgan fingerprint density at radius 3 is 2.62 bits per heavy atom. The predicted molar refractivity (Wildman–Crippen MR) is 86.0 cm³/mol. The number of nitrogens with zero attached hydrogens (tertiary/aromatic N) is 2. The first kappa shape index (κ1) is 18.1. The molecular formula is C17H21F2N3O2. The van der Waals surface area contributed by atoms with Crippen LogP contribution in [-0.4, -0.2) is 33.4 Å². The maximum Gasteiger partial charge on any atom is 0.272 e. The van der Waals surface area contributed by atoms with E-state index < -0.39 is 17.5 Å². The third kappa shape index (κ3) is 3.97. The van der Waals surface area contributed by atoms with E-state index in [0.717, 1.165) is 12.1 Å². The summed E-state index contributed by atoms with van der Waals surface area (Å²) in [5.41, 5.74) is 0.762. The van der Waals surface area contributed by atoms with E-state index in [1.807, 2.05) is 13.8 Å². The van der Waals surface area contributed by atoms with Gasteiger partial charge in [-0.25, -0.2) is 13.5 Å². The summed E-state index contributed by atoms with van der Waals surface area (Å²) in [6.07, 6.45) is 0.440. The van der Waals surface area contributed by atoms with Crippen LogP contribution in [0.25, 0.3) is 5.69 Å².